The molecule has 3 fully saturated rings. The number of carbonyl (C=O) groups excluding carboxylic acids is 3. The number of carbonyl (C=O) groups is 4. The summed E-state index contributed by atoms with van der Waals surface area (Å²) < 4.78 is 0. The van der Waals surface area contributed by atoms with Crippen molar-refractivity contribution in [3.8, 4) is 0 Å². The zero-order chi connectivity index (χ0) is 19.5. The average Bonchev–Trinajstić information content (AvgIpc) is 3.26. The molecule has 26 heavy (non-hydrogen) atoms. The number of carboxylic acid groups (broad SMARTS) is 1. The third kappa shape index (κ3) is 3.45. The first kappa shape index (κ1) is 19.9. The maximum atomic E-state index is 12.7. The van der Waals surface area contributed by atoms with Gasteiger partial charge in [-0.05, 0) is 31.8 Å². The molecule has 0 radical (unpaired) electrons. The molecule has 0 aromatic carbocycles. The van der Waals surface area contributed by atoms with Crippen molar-refractivity contribution in [1.82, 2.24) is 14.7 Å². The largest absolute Gasteiger partial charge is 0.480 e. The fraction of sp³-hybridized carbons (Fsp3) is 0.667. The van der Waals surface area contributed by atoms with E-state index < -0.39 is 17.6 Å². The van der Waals surface area contributed by atoms with E-state index in [4.69, 9.17) is 0 Å². The first-order valence-corrected chi connectivity index (χ1v) is 9.16. The minimum absolute atomic E-state index is 0.125. The molecule has 1 unspecified atom stereocenters. The van der Waals surface area contributed by atoms with Crippen LogP contribution in [-0.2, 0) is 19.2 Å². The lowest BCUT2D eigenvalue weighted by Gasteiger charge is -2.41. The topological polar surface area (TPSA) is 98.2 Å². The summed E-state index contributed by atoms with van der Waals surface area (Å²) in [7, 11) is 0. The van der Waals surface area contributed by atoms with Crippen LogP contribution in [0.4, 0.5) is 0 Å². The van der Waals surface area contributed by atoms with Gasteiger partial charge in [0.15, 0.2) is 0 Å². The third-order valence-electron chi connectivity index (χ3n) is 5.14. The van der Waals surface area contributed by atoms with E-state index in [0.717, 1.165) is 0 Å². The van der Waals surface area contributed by atoms with Crippen molar-refractivity contribution in [2.24, 2.45) is 0 Å². The van der Waals surface area contributed by atoms with Crippen molar-refractivity contribution in [1.29, 1.82) is 0 Å². The van der Waals surface area contributed by atoms with Gasteiger partial charge < -0.3 is 19.8 Å². The van der Waals surface area contributed by atoms with Gasteiger partial charge in [0, 0.05) is 19.6 Å². The molecule has 8 nitrogen and oxygen atoms in total. The van der Waals surface area contributed by atoms with Crippen molar-refractivity contribution >= 4 is 23.7 Å². The van der Waals surface area contributed by atoms with E-state index in [2.05, 4.69) is 6.58 Å². The van der Waals surface area contributed by atoms with Crippen molar-refractivity contribution in [3.63, 3.8) is 0 Å². The summed E-state index contributed by atoms with van der Waals surface area (Å²) in [6, 6.07) is -0.800. The first-order chi connectivity index (χ1) is 12.4. The smallest absolute Gasteiger partial charge is 0.326 e. The molecule has 3 amide bonds. The Labute approximate surface area is 153 Å². The van der Waals surface area contributed by atoms with E-state index in [9.17, 15) is 24.3 Å². The number of piperazine rings is 1. The lowest BCUT2D eigenvalue weighted by Crippen LogP contribution is -2.61. The van der Waals surface area contributed by atoms with Gasteiger partial charge in [-0.2, -0.15) is 0 Å². The molecular formula is C18H27N3O5. The predicted molar refractivity (Wildman–Crippen MR) is 94.2 cm³/mol. The molecule has 0 aromatic heterocycles. The number of hydrogen-bond donors (Lipinski definition) is 1. The predicted octanol–water partition coefficient (Wildman–Crippen LogP) is 0.478. The van der Waals surface area contributed by atoms with Gasteiger partial charge in [-0.15, -0.1) is 0 Å². The highest BCUT2D eigenvalue weighted by Gasteiger charge is 2.59. The quantitative estimate of drug-likeness (QED) is 0.731. The van der Waals surface area contributed by atoms with Crippen molar-refractivity contribution in [2.45, 2.75) is 51.1 Å². The lowest BCUT2D eigenvalue weighted by molar-refractivity contribution is -0.156. The third-order valence-corrected chi connectivity index (χ3v) is 5.14. The van der Waals surface area contributed by atoms with E-state index in [1.807, 2.05) is 13.8 Å². The fourth-order valence-corrected chi connectivity index (χ4v) is 3.71. The molecule has 144 valence electrons. The monoisotopic (exact) mass is 365 g/mol. The van der Waals surface area contributed by atoms with E-state index in [1.54, 1.807) is 4.90 Å². The summed E-state index contributed by atoms with van der Waals surface area (Å²) in [4.78, 5) is 52.6. The van der Waals surface area contributed by atoms with Crippen LogP contribution in [0.3, 0.4) is 0 Å². The molecule has 1 atom stereocenters. The Morgan fingerprint density at radius 3 is 2.42 bits per heavy atom. The van der Waals surface area contributed by atoms with Gasteiger partial charge in [-0.1, -0.05) is 20.4 Å². The van der Waals surface area contributed by atoms with Crippen LogP contribution in [0.5, 0.6) is 0 Å². The Morgan fingerprint density at radius 1 is 1.23 bits per heavy atom. The number of aliphatic carboxylic acids is 1. The number of hydrogen-bond acceptors (Lipinski definition) is 4. The van der Waals surface area contributed by atoms with Crippen LogP contribution in [0.25, 0.3) is 0 Å². The molecule has 0 bridgehead atoms. The Balaban J connectivity index is 0.00000117. The van der Waals surface area contributed by atoms with Crippen molar-refractivity contribution in [3.05, 3.63) is 12.7 Å². The van der Waals surface area contributed by atoms with Crippen LogP contribution in [0.2, 0.25) is 0 Å². The highest BCUT2D eigenvalue weighted by molar-refractivity contribution is 5.99. The van der Waals surface area contributed by atoms with Crippen LogP contribution in [0.1, 0.15) is 39.5 Å². The molecule has 2 heterocycles. The Bertz CT molecular complexity index is 614. The molecule has 2 saturated heterocycles. The van der Waals surface area contributed by atoms with Gasteiger partial charge in [0.25, 0.3) is 0 Å². The Kier molecular flexibility index (Phi) is 6.05. The minimum Gasteiger partial charge on any atom is -0.480 e. The summed E-state index contributed by atoms with van der Waals surface area (Å²) in [5.74, 6) is -1.83. The first-order valence-electron chi connectivity index (χ1n) is 9.16. The van der Waals surface area contributed by atoms with Crippen molar-refractivity contribution in [2.75, 3.05) is 26.2 Å². The normalized spacial score (nSPS) is 23.4. The second-order valence-corrected chi connectivity index (χ2v) is 6.54. The fourth-order valence-electron chi connectivity index (χ4n) is 3.71. The molecule has 3 aliphatic rings. The van der Waals surface area contributed by atoms with Gasteiger partial charge in [-0.3, -0.25) is 14.4 Å². The van der Waals surface area contributed by atoms with Gasteiger partial charge >= 0.3 is 5.97 Å². The standard InChI is InChI=1S/C16H21N3O5.C2H6/c1-2-12(20)19-9-8-17(15(24)16(19)5-6-16)10-13(21)18-7-3-4-11(18)14(22)23;1-2/h2,11H,1,3-10H2,(H,22,23);1-2H3. The molecule has 1 N–H and O–H groups in total. The molecular weight excluding hydrogens is 338 g/mol. The molecule has 3 rings (SSSR count). The maximum absolute atomic E-state index is 12.7. The van der Waals surface area contributed by atoms with Gasteiger partial charge in [0.2, 0.25) is 17.7 Å². The van der Waals surface area contributed by atoms with E-state index >= 15 is 0 Å². The highest BCUT2D eigenvalue weighted by Crippen LogP contribution is 2.45. The van der Waals surface area contributed by atoms with Crippen molar-refractivity contribution < 1.29 is 24.3 Å². The molecule has 2 aliphatic heterocycles. The van der Waals surface area contributed by atoms with Gasteiger partial charge in [0.05, 0.1) is 6.54 Å². The van der Waals surface area contributed by atoms with Crippen LogP contribution in [0, 0.1) is 0 Å². The molecule has 0 aromatic rings. The summed E-state index contributed by atoms with van der Waals surface area (Å²) in [6.45, 7) is 8.39. The minimum atomic E-state index is -1.01. The summed E-state index contributed by atoms with van der Waals surface area (Å²) >= 11 is 0. The number of nitrogens with zero attached hydrogens (tertiary/aromatic N) is 3. The Hall–Kier alpha value is -2.38. The molecule has 1 aliphatic carbocycles. The average molecular weight is 365 g/mol. The van der Waals surface area contributed by atoms with Crippen LogP contribution in [0.15, 0.2) is 12.7 Å². The van der Waals surface area contributed by atoms with Crippen LogP contribution in [-0.4, -0.2) is 81.3 Å². The summed E-state index contributed by atoms with van der Waals surface area (Å²) in [5, 5.41) is 9.18. The summed E-state index contributed by atoms with van der Waals surface area (Å²) in [6.07, 6.45) is 3.49. The number of amides is 3. The van der Waals surface area contributed by atoms with E-state index in [1.165, 1.54) is 15.9 Å². The maximum Gasteiger partial charge on any atom is 0.326 e. The lowest BCUT2D eigenvalue weighted by atomic mass is 10.1. The SMILES string of the molecule is C=CC(=O)N1CCN(CC(=O)N2CCCC2C(=O)O)C(=O)C12CC2.CC. The van der Waals surface area contributed by atoms with Crippen LogP contribution >= 0.6 is 0 Å². The zero-order valence-corrected chi connectivity index (χ0v) is 15.4. The van der Waals surface area contributed by atoms with Crippen LogP contribution < -0.4 is 0 Å². The van der Waals surface area contributed by atoms with E-state index in [-0.39, 0.29) is 30.8 Å². The molecule has 1 spiro atoms. The van der Waals surface area contributed by atoms with Gasteiger partial charge in [-0.25, -0.2) is 4.79 Å². The molecule has 1 saturated carbocycles. The Morgan fingerprint density at radius 2 is 1.88 bits per heavy atom. The number of likely N-dealkylation sites (tertiary alicyclic amines) is 1. The zero-order valence-electron chi connectivity index (χ0n) is 15.4. The van der Waals surface area contributed by atoms with Gasteiger partial charge in [0.1, 0.15) is 11.6 Å². The van der Waals surface area contributed by atoms with E-state index in [0.29, 0.717) is 38.8 Å². The molecule has 8 heteroatoms. The second-order valence-electron chi connectivity index (χ2n) is 6.54. The number of rotatable bonds is 4. The number of carboxylic acids is 1. The highest BCUT2D eigenvalue weighted by atomic mass is 16.4. The summed E-state index contributed by atoms with van der Waals surface area (Å²) in [5.41, 5.74) is -0.818. The second kappa shape index (κ2) is 7.88.